The van der Waals surface area contributed by atoms with Crippen LogP contribution in [-0.2, 0) is 6.18 Å². The summed E-state index contributed by atoms with van der Waals surface area (Å²) in [5, 5.41) is 2.52. The van der Waals surface area contributed by atoms with E-state index in [1.807, 2.05) is 0 Å². The molecule has 0 aliphatic rings. The molecule has 0 unspecified atom stereocenters. The standard InChI is InChI=1S/C13H10F4N2O/c1-18-11-6-8(13(15,16)17)7-12(19-11)20-10-4-2-9(14)3-5-10/h2-7H,1H3,(H,18,19). The first kappa shape index (κ1) is 14.1. The zero-order valence-electron chi connectivity index (χ0n) is 10.3. The van der Waals surface area contributed by atoms with E-state index < -0.39 is 17.6 Å². The Bertz CT molecular complexity index is 596. The summed E-state index contributed by atoms with van der Waals surface area (Å²) in [6, 6.07) is 6.54. The molecule has 0 fully saturated rings. The van der Waals surface area contributed by atoms with Crippen LogP contribution in [0.4, 0.5) is 23.4 Å². The highest BCUT2D eigenvalue weighted by molar-refractivity contribution is 5.43. The predicted octanol–water partition coefficient (Wildman–Crippen LogP) is 4.07. The number of nitrogens with zero attached hydrogens (tertiary/aromatic N) is 1. The van der Waals surface area contributed by atoms with Gasteiger partial charge in [0, 0.05) is 13.1 Å². The number of rotatable bonds is 3. The Morgan fingerprint density at radius 3 is 2.30 bits per heavy atom. The van der Waals surface area contributed by atoms with Crippen molar-refractivity contribution in [1.29, 1.82) is 0 Å². The molecule has 0 aliphatic heterocycles. The van der Waals surface area contributed by atoms with Crippen LogP contribution in [0.5, 0.6) is 11.6 Å². The molecule has 1 N–H and O–H groups in total. The van der Waals surface area contributed by atoms with E-state index in [2.05, 4.69) is 10.3 Å². The molecule has 106 valence electrons. The third-order valence-electron chi connectivity index (χ3n) is 2.42. The largest absolute Gasteiger partial charge is 0.439 e. The molecule has 1 aromatic carbocycles. The smallest absolute Gasteiger partial charge is 0.416 e. The summed E-state index contributed by atoms with van der Waals surface area (Å²) in [6.07, 6.45) is -4.50. The van der Waals surface area contributed by atoms with Crippen LogP contribution in [0.3, 0.4) is 0 Å². The lowest BCUT2D eigenvalue weighted by atomic mass is 10.2. The normalized spacial score (nSPS) is 11.2. The van der Waals surface area contributed by atoms with Gasteiger partial charge < -0.3 is 10.1 Å². The van der Waals surface area contributed by atoms with E-state index in [1.54, 1.807) is 0 Å². The number of aromatic nitrogens is 1. The highest BCUT2D eigenvalue weighted by Crippen LogP contribution is 2.33. The zero-order chi connectivity index (χ0) is 14.8. The van der Waals surface area contributed by atoms with Gasteiger partial charge in [0.2, 0.25) is 5.88 Å². The average Bonchev–Trinajstić information content (AvgIpc) is 2.40. The zero-order valence-corrected chi connectivity index (χ0v) is 10.3. The second-order valence-electron chi connectivity index (χ2n) is 3.88. The molecule has 0 spiro atoms. The van der Waals surface area contributed by atoms with Gasteiger partial charge in [0.15, 0.2) is 0 Å². The summed E-state index contributed by atoms with van der Waals surface area (Å²) in [7, 11) is 1.45. The van der Waals surface area contributed by atoms with Gasteiger partial charge in [-0.3, -0.25) is 0 Å². The lowest BCUT2D eigenvalue weighted by Crippen LogP contribution is -2.07. The van der Waals surface area contributed by atoms with Gasteiger partial charge in [0.1, 0.15) is 17.4 Å². The Morgan fingerprint density at radius 2 is 1.75 bits per heavy atom. The number of alkyl halides is 3. The van der Waals surface area contributed by atoms with Crippen molar-refractivity contribution in [2.24, 2.45) is 0 Å². The molecular formula is C13H10F4N2O. The van der Waals surface area contributed by atoms with Gasteiger partial charge in [-0.1, -0.05) is 0 Å². The molecule has 0 aliphatic carbocycles. The highest BCUT2D eigenvalue weighted by Gasteiger charge is 2.32. The molecule has 2 aromatic rings. The van der Waals surface area contributed by atoms with Gasteiger partial charge in [0.25, 0.3) is 0 Å². The maximum Gasteiger partial charge on any atom is 0.416 e. The van der Waals surface area contributed by atoms with E-state index in [1.165, 1.54) is 19.2 Å². The van der Waals surface area contributed by atoms with Crippen LogP contribution in [0.1, 0.15) is 5.56 Å². The maximum atomic E-state index is 12.7. The fraction of sp³-hybridized carbons (Fsp3) is 0.154. The second kappa shape index (κ2) is 5.36. The fourth-order valence-corrected chi connectivity index (χ4v) is 1.47. The van der Waals surface area contributed by atoms with Crippen LogP contribution in [0.2, 0.25) is 0 Å². The molecule has 1 heterocycles. The minimum Gasteiger partial charge on any atom is -0.439 e. The van der Waals surface area contributed by atoms with Crippen molar-refractivity contribution < 1.29 is 22.3 Å². The summed E-state index contributed by atoms with van der Waals surface area (Å²) in [6.45, 7) is 0. The number of nitrogens with one attached hydrogen (secondary N) is 1. The van der Waals surface area contributed by atoms with E-state index in [0.29, 0.717) is 0 Å². The molecule has 2 rings (SSSR count). The average molecular weight is 286 g/mol. The van der Waals surface area contributed by atoms with Crippen molar-refractivity contribution in [2.75, 3.05) is 12.4 Å². The van der Waals surface area contributed by atoms with Crippen molar-refractivity contribution in [3.8, 4) is 11.6 Å². The van der Waals surface area contributed by atoms with Gasteiger partial charge in [0.05, 0.1) is 5.56 Å². The molecule has 0 saturated heterocycles. The number of hydrogen-bond donors (Lipinski definition) is 1. The van der Waals surface area contributed by atoms with Gasteiger partial charge in [-0.2, -0.15) is 18.2 Å². The molecule has 0 saturated carbocycles. The number of ether oxygens (including phenoxy) is 1. The minimum absolute atomic E-state index is 0.0249. The van der Waals surface area contributed by atoms with E-state index in [9.17, 15) is 17.6 Å². The summed E-state index contributed by atoms with van der Waals surface area (Å²) in [5.74, 6) is -0.474. The molecular weight excluding hydrogens is 276 g/mol. The number of anilines is 1. The van der Waals surface area contributed by atoms with E-state index in [4.69, 9.17) is 4.74 Å². The number of hydrogen-bond acceptors (Lipinski definition) is 3. The van der Waals surface area contributed by atoms with E-state index in [-0.39, 0.29) is 17.4 Å². The minimum atomic E-state index is -4.50. The quantitative estimate of drug-likeness (QED) is 0.863. The third-order valence-corrected chi connectivity index (χ3v) is 2.42. The SMILES string of the molecule is CNc1cc(C(F)(F)F)cc(Oc2ccc(F)cc2)n1. The molecule has 0 bridgehead atoms. The molecule has 0 radical (unpaired) electrons. The van der Waals surface area contributed by atoms with Gasteiger partial charge in [-0.15, -0.1) is 0 Å². The lowest BCUT2D eigenvalue weighted by molar-refractivity contribution is -0.137. The topological polar surface area (TPSA) is 34.1 Å². The maximum absolute atomic E-state index is 12.7. The van der Waals surface area contributed by atoms with Crippen molar-refractivity contribution in [2.45, 2.75) is 6.18 Å². The Morgan fingerprint density at radius 1 is 1.10 bits per heavy atom. The fourth-order valence-electron chi connectivity index (χ4n) is 1.47. The predicted molar refractivity (Wildman–Crippen MR) is 65.3 cm³/mol. The van der Waals surface area contributed by atoms with E-state index >= 15 is 0 Å². The molecule has 0 amide bonds. The second-order valence-corrected chi connectivity index (χ2v) is 3.88. The molecule has 7 heteroatoms. The highest BCUT2D eigenvalue weighted by atomic mass is 19.4. The van der Waals surface area contributed by atoms with Crippen molar-refractivity contribution in [1.82, 2.24) is 4.98 Å². The summed E-state index contributed by atoms with van der Waals surface area (Å²) in [4.78, 5) is 3.86. The Hall–Kier alpha value is -2.31. The van der Waals surface area contributed by atoms with Gasteiger partial charge in [-0.25, -0.2) is 4.39 Å². The van der Waals surface area contributed by atoms with Crippen LogP contribution in [-0.4, -0.2) is 12.0 Å². The lowest BCUT2D eigenvalue weighted by Gasteiger charge is -2.11. The number of benzene rings is 1. The van der Waals surface area contributed by atoms with E-state index in [0.717, 1.165) is 24.3 Å². The van der Waals surface area contributed by atoms with Gasteiger partial charge >= 0.3 is 6.18 Å². The molecule has 3 nitrogen and oxygen atoms in total. The van der Waals surface area contributed by atoms with Crippen LogP contribution in [0.25, 0.3) is 0 Å². The van der Waals surface area contributed by atoms with Crippen molar-refractivity contribution in [3.63, 3.8) is 0 Å². The molecule has 20 heavy (non-hydrogen) atoms. The Labute approximate surface area is 112 Å². The molecule has 1 aromatic heterocycles. The monoisotopic (exact) mass is 286 g/mol. The van der Waals surface area contributed by atoms with Crippen LogP contribution in [0, 0.1) is 5.82 Å². The van der Waals surface area contributed by atoms with Gasteiger partial charge in [-0.05, 0) is 30.3 Å². The Kier molecular flexibility index (Phi) is 3.78. The summed E-state index contributed by atoms with van der Waals surface area (Å²) < 4.78 is 56.1. The first-order chi connectivity index (χ1) is 9.38. The Balaban J connectivity index is 2.33. The van der Waals surface area contributed by atoms with Crippen LogP contribution in [0.15, 0.2) is 36.4 Å². The third kappa shape index (κ3) is 3.37. The summed E-state index contributed by atoms with van der Waals surface area (Å²) >= 11 is 0. The first-order valence-electron chi connectivity index (χ1n) is 5.59. The number of halogens is 4. The number of pyridine rings is 1. The van der Waals surface area contributed by atoms with Crippen molar-refractivity contribution in [3.05, 3.63) is 47.8 Å². The first-order valence-corrected chi connectivity index (χ1v) is 5.59. The molecule has 0 atom stereocenters. The van der Waals surface area contributed by atoms with Crippen molar-refractivity contribution >= 4 is 5.82 Å². The van der Waals surface area contributed by atoms with Crippen LogP contribution >= 0.6 is 0 Å². The summed E-state index contributed by atoms with van der Waals surface area (Å²) in [5.41, 5.74) is -0.881. The van der Waals surface area contributed by atoms with Crippen LogP contribution < -0.4 is 10.1 Å².